The minimum Gasteiger partial charge on any atom is -0.506 e. The number of benzene rings is 1. The maximum Gasteiger partial charge on any atom is 0.410 e. The Morgan fingerprint density at radius 1 is 1.14 bits per heavy atom. The monoisotopic (exact) mass is 295 g/mol. The van der Waals surface area contributed by atoms with Crippen molar-refractivity contribution >= 4 is 22.7 Å². The minimum atomic E-state index is -1.15. The number of amides is 1. The number of hydrogen-bond donors (Lipinski definition) is 3. The van der Waals surface area contributed by atoms with Crippen LogP contribution < -0.4 is 5.32 Å². The molecule has 3 rings (SSSR count). The van der Waals surface area contributed by atoms with Crippen LogP contribution in [0.15, 0.2) is 42.9 Å². The molecule has 1 amide bonds. The van der Waals surface area contributed by atoms with Crippen LogP contribution in [-0.2, 0) is 0 Å². The van der Waals surface area contributed by atoms with Crippen molar-refractivity contribution in [3.05, 3.63) is 48.4 Å². The van der Waals surface area contributed by atoms with Crippen molar-refractivity contribution in [2.75, 3.05) is 5.32 Å². The Hall–Kier alpha value is -3.15. The zero-order valence-electron chi connectivity index (χ0n) is 11.7. The number of aromatic hydroxyl groups is 1. The summed E-state index contributed by atoms with van der Waals surface area (Å²) in [6.07, 6.45) is 3.57. The van der Waals surface area contributed by atoms with Crippen molar-refractivity contribution in [1.82, 2.24) is 9.97 Å². The number of fused-ring (bicyclic) bond motifs is 1. The Balaban J connectivity index is 2.07. The summed E-state index contributed by atoms with van der Waals surface area (Å²) >= 11 is 0. The highest BCUT2D eigenvalue weighted by atomic mass is 16.4. The lowest BCUT2D eigenvalue weighted by Crippen LogP contribution is -2.08. The number of aromatic nitrogens is 2. The summed E-state index contributed by atoms with van der Waals surface area (Å²) in [6, 6.07) is 7.37. The molecule has 0 spiro atoms. The van der Waals surface area contributed by atoms with Gasteiger partial charge < -0.3 is 10.2 Å². The van der Waals surface area contributed by atoms with Gasteiger partial charge in [0.05, 0.1) is 6.20 Å². The smallest absolute Gasteiger partial charge is 0.410 e. The molecule has 6 heteroatoms. The van der Waals surface area contributed by atoms with Crippen LogP contribution in [0.2, 0.25) is 0 Å². The highest BCUT2D eigenvalue weighted by Gasteiger charge is 2.08. The highest BCUT2D eigenvalue weighted by molar-refractivity contribution is 5.91. The zero-order chi connectivity index (χ0) is 15.7. The molecule has 0 saturated heterocycles. The molecule has 0 radical (unpaired) electrons. The van der Waals surface area contributed by atoms with E-state index in [-0.39, 0.29) is 11.6 Å². The van der Waals surface area contributed by atoms with Crippen LogP contribution in [0.3, 0.4) is 0 Å². The lowest BCUT2D eigenvalue weighted by molar-refractivity contribution is 0.209. The normalized spacial score (nSPS) is 10.6. The molecule has 0 atom stereocenters. The molecular weight excluding hydrogens is 282 g/mol. The van der Waals surface area contributed by atoms with Crippen molar-refractivity contribution in [2.24, 2.45) is 0 Å². The summed E-state index contributed by atoms with van der Waals surface area (Å²) in [5.74, 6) is 0.430. The first-order valence-electron chi connectivity index (χ1n) is 6.58. The van der Waals surface area contributed by atoms with E-state index in [0.717, 1.165) is 27.5 Å². The Morgan fingerprint density at radius 2 is 1.95 bits per heavy atom. The lowest BCUT2D eigenvalue weighted by atomic mass is 10.00. The third kappa shape index (κ3) is 2.54. The Morgan fingerprint density at radius 3 is 2.73 bits per heavy atom. The average molecular weight is 295 g/mol. The fourth-order valence-corrected chi connectivity index (χ4v) is 2.29. The van der Waals surface area contributed by atoms with Gasteiger partial charge in [0.1, 0.15) is 11.6 Å². The number of hydrogen-bond acceptors (Lipinski definition) is 4. The van der Waals surface area contributed by atoms with E-state index in [1.54, 1.807) is 18.5 Å². The molecule has 0 aliphatic carbocycles. The van der Waals surface area contributed by atoms with E-state index in [2.05, 4.69) is 15.3 Å². The third-order valence-electron chi connectivity index (χ3n) is 3.46. The van der Waals surface area contributed by atoms with Gasteiger partial charge in [-0.25, -0.2) is 9.78 Å². The quantitative estimate of drug-likeness (QED) is 0.673. The molecule has 2 aromatic heterocycles. The van der Waals surface area contributed by atoms with Gasteiger partial charge in [-0.3, -0.25) is 10.3 Å². The third-order valence-corrected chi connectivity index (χ3v) is 3.46. The first-order chi connectivity index (χ1) is 10.5. The van der Waals surface area contributed by atoms with Gasteiger partial charge >= 0.3 is 6.09 Å². The SMILES string of the molecule is Cc1c(O)cncc1-c1ccc2cc(NC(=O)O)ncc2c1. The molecule has 2 heterocycles. The second-order valence-corrected chi connectivity index (χ2v) is 4.89. The first-order valence-corrected chi connectivity index (χ1v) is 6.58. The fourth-order valence-electron chi connectivity index (χ4n) is 2.29. The second-order valence-electron chi connectivity index (χ2n) is 4.89. The summed E-state index contributed by atoms with van der Waals surface area (Å²) in [6.45, 7) is 1.83. The molecule has 0 bridgehead atoms. The number of carboxylic acid groups (broad SMARTS) is 1. The van der Waals surface area contributed by atoms with Gasteiger partial charge in [0, 0.05) is 28.9 Å². The van der Waals surface area contributed by atoms with E-state index in [1.165, 1.54) is 6.20 Å². The molecule has 0 fully saturated rings. The van der Waals surface area contributed by atoms with E-state index in [0.29, 0.717) is 0 Å². The number of rotatable bonds is 2. The van der Waals surface area contributed by atoms with E-state index in [9.17, 15) is 9.90 Å². The zero-order valence-corrected chi connectivity index (χ0v) is 11.7. The maximum absolute atomic E-state index is 10.6. The number of carbonyl (C=O) groups is 1. The van der Waals surface area contributed by atoms with Crippen LogP contribution in [0, 0.1) is 6.92 Å². The van der Waals surface area contributed by atoms with E-state index in [1.807, 2.05) is 25.1 Å². The number of anilines is 1. The predicted molar refractivity (Wildman–Crippen MR) is 83.0 cm³/mol. The fraction of sp³-hybridized carbons (Fsp3) is 0.0625. The summed E-state index contributed by atoms with van der Waals surface area (Å²) in [7, 11) is 0. The van der Waals surface area contributed by atoms with E-state index < -0.39 is 6.09 Å². The molecule has 22 heavy (non-hydrogen) atoms. The summed E-state index contributed by atoms with van der Waals surface area (Å²) in [4.78, 5) is 18.7. The predicted octanol–water partition coefficient (Wildman–Crippen LogP) is 3.40. The van der Waals surface area contributed by atoms with Gasteiger partial charge in [-0.05, 0) is 30.0 Å². The van der Waals surface area contributed by atoms with Gasteiger partial charge in [-0.15, -0.1) is 0 Å². The van der Waals surface area contributed by atoms with Gasteiger partial charge in [0.2, 0.25) is 0 Å². The summed E-state index contributed by atoms with van der Waals surface area (Å²) in [5, 5.41) is 22.4. The summed E-state index contributed by atoms with van der Waals surface area (Å²) < 4.78 is 0. The number of pyridine rings is 2. The average Bonchev–Trinajstić information content (AvgIpc) is 2.49. The molecule has 3 aromatic rings. The first kappa shape index (κ1) is 13.8. The van der Waals surface area contributed by atoms with Crippen molar-refractivity contribution in [1.29, 1.82) is 0 Å². The van der Waals surface area contributed by atoms with Crippen LogP contribution in [0.25, 0.3) is 21.9 Å². The Labute approximate surface area is 126 Å². The van der Waals surface area contributed by atoms with Crippen molar-refractivity contribution in [2.45, 2.75) is 6.92 Å². The van der Waals surface area contributed by atoms with E-state index in [4.69, 9.17) is 5.11 Å². The largest absolute Gasteiger partial charge is 0.506 e. The molecule has 0 aliphatic heterocycles. The van der Waals surface area contributed by atoms with Crippen LogP contribution in [0.5, 0.6) is 5.75 Å². The molecule has 0 saturated carbocycles. The molecular formula is C16H13N3O3. The lowest BCUT2D eigenvalue weighted by Gasteiger charge is -2.09. The molecule has 0 unspecified atom stereocenters. The number of nitrogens with zero attached hydrogens (tertiary/aromatic N) is 2. The van der Waals surface area contributed by atoms with Crippen molar-refractivity contribution in [3.8, 4) is 16.9 Å². The molecule has 6 nitrogen and oxygen atoms in total. The topological polar surface area (TPSA) is 95.3 Å². The van der Waals surface area contributed by atoms with E-state index >= 15 is 0 Å². The van der Waals surface area contributed by atoms with Gasteiger partial charge in [0.15, 0.2) is 0 Å². The van der Waals surface area contributed by atoms with Crippen molar-refractivity contribution < 1.29 is 15.0 Å². The molecule has 0 aliphatic rings. The van der Waals surface area contributed by atoms with Crippen LogP contribution in [-0.4, -0.2) is 26.3 Å². The molecule has 1 aromatic carbocycles. The van der Waals surface area contributed by atoms with Gasteiger partial charge in [-0.1, -0.05) is 12.1 Å². The van der Waals surface area contributed by atoms with Crippen LogP contribution in [0.4, 0.5) is 10.6 Å². The second kappa shape index (κ2) is 5.33. The van der Waals surface area contributed by atoms with Gasteiger partial charge in [0.25, 0.3) is 0 Å². The molecule has 110 valence electrons. The maximum atomic E-state index is 10.6. The molecule has 3 N–H and O–H groups in total. The number of nitrogens with one attached hydrogen (secondary N) is 1. The summed E-state index contributed by atoms with van der Waals surface area (Å²) in [5.41, 5.74) is 2.51. The minimum absolute atomic E-state index is 0.150. The standard InChI is InChI=1S/C16H13N3O3/c1-9-13(7-17-8-14(9)20)11-3-2-10-5-15(19-16(21)22)18-6-12(10)4-11/h2-8,20H,1H3,(H,18,19)(H,21,22). The Bertz CT molecular complexity index is 878. The van der Waals surface area contributed by atoms with Gasteiger partial charge in [-0.2, -0.15) is 0 Å². The van der Waals surface area contributed by atoms with Crippen LogP contribution in [0.1, 0.15) is 5.56 Å². The van der Waals surface area contributed by atoms with Crippen LogP contribution >= 0.6 is 0 Å². The van der Waals surface area contributed by atoms with Crippen molar-refractivity contribution in [3.63, 3.8) is 0 Å². The highest BCUT2D eigenvalue weighted by Crippen LogP contribution is 2.30. The Kier molecular flexibility index (Phi) is 3.34.